The van der Waals surface area contributed by atoms with Gasteiger partial charge in [0.05, 0.1) is 10.6 Å². The van der Waals surface area contributed by atoms with E-state index in [0.717, 1.165) is 16.7 Å². The third kappa shape index (κ3) is 3.58. The second kappa shape index (κ2) is 7.20. The van der Waals surface area contributed by atoms with E-state index >= 15 is 0 Å². The summed E-state index contributed by atoms with van der Waals surface area (Å²) < 4.78 is 5.75. The molecule has 3 rings (SSSR count). The van der Waals surface area contributed by atoms with Crippen molar-refractivity contribution in [1.29, 1.82) is 0 Å². The first-order chi connectivity index (χ1) is 11.7. The summed E-state index contributed by atoms with van der Waals surface area (Å²) in [5.74, 6) is 0.557. The molecule has 1 N–H and O–H groups in total. The van der Waals surface area contributed by atoms with E-state index in [0.29, 0.717) is 23.7 Å². The number of carbonyl (C=O) groups excluding carboxylic acids is 1. The molecule has 0 aliphatic carbocycles. The summed E-state index contributed by atoms with van der Waals surface area (Å²) in [4.78, 5) is 10.9. The summed E-state index contributed by atoms with van der Waals surface area (Å²) in [6.45, 7) is 0.439. The highest BCUT2D eigenvalue weighted by atomic mass is 35.5. The van der Waals surface area contributed by atoms with Gasteiger partial charge in [0.15, 0.2) is 6.29 Å². The van der Waals surface area contributed by atoms with Gasteiger partial charge in [0.25, 0.3) is 0 Å². The number of halogens is 1. The molecule has 4 heteroatoms. The fraction of sp³-hybridized carbons (Fsp3) is 0.0500. The van der Waals surface area contributed by atoms with Crippen LogP contribution < -0.4 is 4.74 Å². The minimum Gasteiger partial charge on any atom is -0.507 e. The quantitative estimate of drug-likeness (QED) is 0.658. The predicted octanol–water partition coefficient (Wildman–Crippen LogP) is 5.10. The highest BCUT2D eigenvalue weighted by molar-refractivity contribution is 6.32. The van der Waals surface area contributed by atoms with Crippen LogP contribution in [0, 0.1) is 0 Å². The van der Waals surface area contributed by atoms with Gasteiger partial charge in [0.2, 0.25) is 0 Å². The number of carbonyl (C=O) groups is 1. The summed E-state index contributed by atoms with van der Waals surface area (Å²) >= 11 is 6.31. The summed E-state index contributed by atoms with van der Waals surface area (Å²) in [6.07, 6.45) is 0.623. The van der Waals surface area contributed by atoms with Crippen LogP contribution in [0.2, 0.25) is 5.02 Å². The molecule has 0 fully saturated rings. The average molecular weight is 339 g/mol. The summed E-state index contributed by atoms with van der Waals surface area (Å²) in [7, 11) is 0. The van der Waals surface area contributed by atoms with Gasteiger partial charge in [-0.1, -0.05) is 54.1 Å². The Morgan fingerprint density at radius 2 is 1.67 bits per heavy atom. The lowest BCUT2D eigenvalue weighted by atomic mass is 10.0. The van der Waals surface area contributed by atoms with Crippen LogP contribution in [-0.2, 0) is 6.61 Å². The smallest absolute Gasteiger partial charge is 0.153 e. The molecule has 0 aliphatic rings. The molecular weight excluding hydrogens is 324 g/mol. The zero-order valence-electron chi connectivity index (χ0n) is 12.8. The SMILES string of the molecule is O=Cc1cc(-c2ccc(OCc3ccccc3)c(Cl)c2)ccc1O. The van der Waals surface area contributed by atoms with Crippen LogP contribution in [0.1, 0.15) is 15.9 Å². The molecule has 0 aliphatic heterocycles. The van der Waals surface area contributed by atoms with Crippen molar-refractivity contribution in [3.8, 4) is 22.6 Å². The van der Waals surface area contributed by atoms with E-state index in [1.165, 1.54) is 6.07 Å². The van der Waals surface area contributed by atoms with Crippen molar-refractivity contribution < 1.29 is 14.6 Å². The average Bonchev–Trinajstić information content (AvgIpc) is 2.62. The fourth-order valence-corrected chi connectivity index (χ4v) is 2.60. The van der Waals surface area contributed by atoms with Crippen molar-refractivity contribution >= 4 is 17.9 Å². The van der Waals surface area contributed by atoms with Gasteiger partial charge >= 0.3 is 0 Å². The zero-order chi connectivity index (χ0) is 16.9. The predicted molar refractivity (Wildman–Crippen MR) is 94.7 cm³/mol. The van der Waals surface area contributed by atoms with E-state index in [1.54, 1.807) is 24.3 Å². The second-order valence-electron chi connectivity index (χ2n) is 5.31. The molecule has 120 valence electrons. The van der Waals surface area contributed by atoms with Gasteiger partial charge in [-0.15, -0.1) is 0 Å². The van der Waals surface area contributed by atoms with Crippen molar-refractivity contribution in [2.75, 3.05) is 0 Å². The molecular formula is C20H15ClO3. The Bertz CT molecular complexity index is 860. The van der Waals surface area contributed by atoms with E-state index < -0.39 is 0 Å². The molecule has 24 heavy (non-hydrogen) atoms. The van der Waals surface area contributed by atoms with Crippen molar-refractivity contribution in [3.05, 3.63) is 82.9 Å². The molecule has 0 spiro atoms. The van der Waals surface area contributed by atoms with Gasteiger partial charge in [0, 0.05) is 0 Å². The molecule has 0 atom stereocenters. The van der Waals surface area contributed by atoms with Crippen LogP contribution in [0.3, 0.4) is 0 Å². The van der Waals surface area contributed by atoms with E-state index in [2.05, 4.69) is 0 Å². The van der Waals surface area contributed by atoms with E-state index in [-0.39, 0.29) is 11.3 Å². The highest BCUT2D eigenvalue weighted by Gasteiger charge is 2.08. The zero-order valence-corrected chi connectivity index (χ0v) is 13.5. The van der Waals surface area contributed by atoms with Gasteiger partial charge < -0.3 is 9.84 Å². The van der Waals surface area contributed by atoms with Crippen molar-refractivity contribution in [1.82, 2.24) is 0 Å². The van der Waals surface area contributed by atoms with E-state index in [1.807, 2.05) is 36.4 Å². The van der Waals surface area contributed by atoms with Crippen LogP contribution >= 0.6 is 11.6 Å². The number of aromatic hydroxyl groups is 1. The maximum absolute atomic E-state index is 10.9. The number of hydrogen-bond acceptors (Lipinski definition) is 3. The van der Waals surface area contributed by atoms with Gasteiger partial charge in [-0.2, -0.15) is 0 Å². The Kier molecular flexibility index (Phi) is 4.82. The van der Waals surface area contributed by atoms with Crippen molar-refractivity contribution in [3.63, 3.8) is 0 Å². The van der Waals surface area contributed by atoms with Crippen LogP contribution in [0.25, 0.3) is 11.1 Å². The minimum atomic E-state index is -0.0392. The molecule has 3 aromatic rings. The van der Waals surface area contributed by atoms with Gasteiger partial charge in [-0.3, -0.25) is 4.79 Å². The standard InChI is InChI=1S/C20H15ClO3/c21-18-11-16(15-6-8-19(23)17(10-15)12-22)7-9-20(18)24-13-14-4-2-1-3-5-14/h1-12,23H,13H2. The van der Waals surface area contributed by atoms with E-state index in [4.69, 9.17) is 16.3 Å². The number of hydrogen-bond donors (Lipinski definition) is 1. The Morgan fingerprint density at radius 1 is 0.958 bits per heavy atom. The van der Waals surface area contributed by atoms with Crippen LogP contribution in [0.4, 0.5) is 0 Å². The molecule has 0 saturated heterocycles. The number of rotatable bonds is 5. The third-order valence-corrected chi connectivity index (χ3v) is 3.95. The fourth-order valence-electron chi connectivity index (χ4n) is 2.36. The van der Waals surface area contributed by atoms with Gasteiger partial charge in [-0.05, 0) is 41.0 Å². The number of phenols is 1. The van der Waals surface area contributed by atoms with Crippen molar-refractivity contribution in [2.24, 2.45) is 0 Å². The van der Waals surface area contributed by atoms with Crippen LogP contribution in [0.5, 0.6) is 11.5 Å². The number of ether oxygens (including phenoxy) is 1. The molecule has 3 aromatic carbocycles. The topological polar surface area (TPSA) is 46.5 Å². The number of phenolic OH excluding ortho intramolecular Hbond substituents is 1. The summed E-state index contributed by atoms with van der Waals surface area (Å²) in [6, 6.07) is 20.1. The Morgan fingerprint density at radius 3 is 2.38 bits per heavy atom. The van der Waals surface area contributed by atoms with Gasteiger partial charge in [0.1, 0.15) is 18.1 Å². The maximum atomic E-state index is 10.9. The molecule has 0 saturated carbocycles. The highest BCUT2D eigenvalue weighted by Crippen LogP contribution is 2.32. The minimum absolute atomic E-state index is 0.0392. The molecule has 0 aromatic heterocycles. The lowest BCUT2D eigenvalue weighted by Crippen LogP contribution is -1.95. The summed E-state index contributed by atoms with van der Waals surface area (Å²) in [5, 5.41) is 10.1. The Balaban J connectivity index is 1.81. The maximum Gasteiger partial charge on any atom is 0.153 e. The Hall–Kier alpha value is -2.78. The first kappa shape index (κ1) is 16.1. The lowest BCUT2D eigenvalue weighted by molar-refractivity contribution is 0.112. The first-order valence-electron chi connectivity index (χ1n) is 7.42. The van der Waals surface area contributed by atoms with E-state index in [9.17, 15) is 9.90 Å². The molecule has 0 unspecified atom stereocenters. The molecule has 0 heterocycles. The van der Waals surface area contributed by atoms with Crippen molar-refractivity contribution in [2.45, 2.75) is 6.61 Å². The third-order valence-electron chi connectivity index (χ3n) is 3.66. The molecule has 3 nitrogen and oxygen atoms in total. The lowest BCUT2D eigenvalue weighted by Gasteiger charge is -2.10. The largest absolute Gasteiger partial charge is 0.507 e. The van der Waals surface area contributed by atoms with Crippen LogP contribution in [0.15, 0.2) is 66.7 Å². The molecule has 0 bridgehead atoms. The monoisotopic (exact) mass is 338 g/mol. The normalized spacial score (nSPS) is 10.4. The summed E-state index contributed by atoms with van der Waals surface area (Å²) in [5.41, 5.74) is 2.95. The second-order valence-corrected chi connectivity index (χ2v) is 5.72. The van der Waals surface area contributed by atoms with Crippen LogP contribution in [-0.4, -0.2) is 11.4 Å². The Labute approximate surface area is 145 Å². The van der Waals surface area contributed by atoms with Gasteiger partial charge in [-0.25, -0.2) is 0 Å². The number of benzene rings is 3. The number of aldehydes is 1. The molecule has 0 amide bonds. The first-order valence-corrected chi connectivity index (χ1v) is 7.80. The molecule has 0 radical (unpaired) electrons.